The van der Waals surface area contributed by atoms with Crippen molar-refractivity contribution in [2.75, 3.05) is 20.8 Å². The molecular formula is C19H24ClNO3. The van der Waals surface area contributed by atoms with Gasteiger partial charge in [0.25, 0.3) is 0 Å². The minimum Gasteiger partial charge on any atom is -0.508 e. The van der Waals surface area contributed by atoms with Gasteiger partial charge in [-0.25, -0.2) is 0 Å². The Morgan fingerprint density at radius 1 is 1.17 bits per heavy atom. The fourth-order valence-electron chi connectivity index (χ4n) is 3.47. The van der Waals surface area contributed by atoms with E-state index in [0.717, 1.165) is 36.4 Å². The fraction of sp³-hybridized carbons (Fsp3) is 0.368. The number of ether oxygens (including phenoxy) is 2. The molecule has 5 heteroatoms. The molecular weight excluding hydrogens is 326 g/mol. The molecule has 2 aromatic carbocycles. The minimum atomic E-state index is 0. The molecule has 0 spiro atoms. The Hall–Kier alpha value is -1.91. The zero-order valence-corrected chi connectivity index (χ0v) is 15.1. The summed E-state index contributed by atoms with van der Waals surface area (Å²) in [5.74, 6) is 1.91. The molecule has 1 unspecified atom stereocenters. The van der Waals surface area contributed by atoms with E-state index in [2.05, 4.69) is 18.3 Å². The van der Waals surface area contributed by atoms with Crippen molar-refractivity contribution < 1.29 is 14.6 Å². The van der Waals surface area contributed by atoms with Gasteiger partial charge >= 0.3 is 0 Å². The summed E-state index contributed by atoms with van der Waals surface area (Å²) in [4.78, 5) is 0. The van der Waals surface area contributed by atoms with Crippen LogP contribution in [0.3, 0.4) is 0 Å². The van der Waals surface area contributed by atoms with Crippen LogP contribution < -0.4 is 14.8 Å². The van der Waals surface area contributed by atoms with Crippen LogP contribution in [0.4, 0.5) is 0 Å². The summed E-state index contributed by atoms with van der Waals surface area (Å²) in [6, 6.07) is 9.76. The SMILES string of the molecule is COc1cc2c(c(C)c1OC)C(Cc1ccc(O)cc1)NCC2.Cl. The molecule has 4 nitrogen and oxygen atoms in total. The Morgan fingerprint density at radius 2 is 1.88 bits per heavy atom. The number of methoxy groups -OCH3 is 2. The van der Waals surface area contributed by atoms with E-state index in [0.29, 0.717) is 5.75 Å². The first kappa shape index (κ1) is 18.4. The number of hydrogen-bond donors (Lipinski definition) is 2. The minimum absolute atomic E-state index is 0. The molecule has 2 aromatic rings. The second kappa shape index (κ2) is 7.77. The van der Waals surface area contributed by atoms with Crippen LogP contribution in [0, 0.1) is 6.92 Å². The second-order valence-corrected chi connectivity index (χ2v) is 5.94. The van der Waals surface area contributed by atoms with Gasteiger partial charge in [0, 0.05) is 6.04 Å². The van der Waals surface area contributed by atoms with Crippen molar-refractivity contribution in [3.05, 3.63) is 52.6 Å². The lowest BCUT2D eigenvalue weighted by Crippen LogP contribution is -2.32. The van der Waals surface area contributed by atoms with Gasteiger partial charge in [0.2, 0.25) is 0 Å². The van der Waals surface area contributed by atoms with Crippen LogP contribution in [0.1, 0.15) is 28.3 Å². The number of halogens is 1. The van der Waals surface area contributed by atoms with Crippen molar-refractivity contribution in [2.45, 2.75) is 25.8 Å². The molecule has 130 valence electrons. The van der Waals surface area contributed by atoms with Gasteiger partial charge < -0.3 is 19.9 Å². The van der Waals surface area contributed by atoms with Gasteiger partial charge in [0.05, 0.1) is 14.2 Å². The van der Waals surface area contributed by atoms with E-state index in [1.807, 2.05) is 12.1 Å². The summed E-state index contributed by atoms with van der Waals surface area (Å²) in [5.41, 5.74) is 4.96. The molecule has 0 fully saturated rings. The predicted molar refractivity (Wildman–Crippen MR) is 97.8 cm³/mol. The van der Waals surface area contributed by atoms with Gasteiger partial charge in [-0.3, -0.25) is 0 Å². The topological polar surface area (TPSA) is 50.7 Å². The van der Waals surface area contributed by atoms with Gasteiger partial charge in [-0.1, -0.05) is 12.1 Å². The second-order valence-electron chi connectivity index (χ2n) is 5.94. The van der Waals surface area contributed by atoms with Crippen LogP contribution in [0.5, 0.6) is 17.2 Å². The van der Waals surface area contributed by atoms with Gasteiger partial charge in [-0.05, 0) is 66.8 Å². The normalized spacial score (nSPS) is 16.0. The highest BCUT2D eigenvalue weighted by molar-refractivity contribution is 5.85. The lowest BCUT2D eigenvalue weighted by atomic mass is 9.86. The Labute approximate surface area is 149 Å². The highest BCUT2D eigenvalue weighted by Crippen LogP contribution is 2.40. The first-order chi connectivity index (χ1) is 11.1. The van der Waals surface area contributed by atoms with Crippen molar-refractivity contribution in [3.63, 3.8) is 0 Å². The number of phenols is 1. The third-order valence-corrected chi connectivity index (χ3v) is 4.55. The van der Waals surface area contributed by atoms with Crippen LogP contribution >= 0.6 is 12.4 Å². The van der Waals surface area contributed by atoms with Crippen LogP contribution in [-0.2, 0) is 12.8 Å². The molecule has 0 aromatic heterocycles. The van der Waals surface area contributed by atoms with Crippen molar-refractivity contribution in [3.8, 4) is 17.2 Å². The molecule has 1 atom stereocenters. The fourth-order valence-corrected chi connectivity index (χ4v) is 3.47. The molecule has 3 rings (SSSR count). The van der Waals surface area contributed by atoms with Crippen molar-refractivity contribution in [2.24, 2.45) is 0 Å². The molecule has 1 aliphatic heterocycles. The van der Waals surface area contributed by atoms with Crippen LogP contribution in [0.25, 0.3) is 0 Å². The summed E-state index contributed by atoms with van der Waals surface area (Å²) in [6.07, 6.45) is 1.87. The molecule has 2 N–H and O–H groups in total. The zero-order valence-electron chi connectivity index (χ0n) is 14.3. The highest BCUT2D eigenvalue weighted by Gasteiger charge is 2.26. The maximum absolute atomic E-state index is 9.44. The molecule has 1 heterocycles. The van der Waals surface area contributed by atoms with E-state index < -0.39 is 0 Å². The molecule has 1 aliphatic rings. The Kier molecular flexibility index (Phi) is 5.97. The number of nitrogens with one attached hydrogen (secondary N) is 1. The van der Waals surface area contributed by atoms with E-state index in [1.54, 1.807) is 26.4 Å². The summed E-state index contributed by atoms with van der Waals surface area (Å²) < 4.78 is 11.0. The standard InChI is InChI=1S/C19H23NO3.ClH/c1-12-18-14(11-17(22-2)19(12)23-3)8-9-20-16(18)10-13-4-6-15(21)7-5-13;/h4-7,11,16,20-21H,8-10H2,1-3H3;1H. The van der Waals surface area contributed by atoms with Crippen molar-refractivity contribution in [1.82, 2.24) is 5.32 Å². The van der Waals surface area contributed by atoms with Crippen LogP contribution in [0.15, 0.2) is 30.3 Å². The van der Waals surface area contributed by atoms with Crippen LogP contribution in [-0.4, -0.2) is 25.9 Å². The van der Waals surface area contributed by atoms with Crippen molar-refractivity contribution in [1.29, 1.82) is 0 Å². The number of hydrogen-bond acceptors (Lipinski definition) is 4. The van der Waals surface area contributed by atoms with Gasteiger partial charge in [0.1, 0.15) is 5.75 Å². The summed E-state index contributed by atoms with van der Waals surface area (Å²) in [7, 11) is 3.36. The Morgan fingerprint density at radius 3 is 2.50 bits per heavy atom. The average Bonchev–Trinajstić information content (AvgIpc) is 2.56. The van der Waals surface area contributed by atoms with E-state index in [4.69, 9.17) is 9.47 Å². The summed E-state index contributed by atoms with van der Waals surface area (Å²) >= 11 is 0. The van der Waals surface area contributed by atoms with E-state index in [1.165, 1.54) is 16.7 Å². The van der Waals surface area contributed by atoms with Gasteiger partial charge in [0.15, 0.2) is 11.5 Å². The highest BCUT2D eigenvalue weighted by atomic mass is 35.5. The number of aromatic hydroxyl groups is 1. The largest absolute Gasteiger partial charge is 0.508 e. The smallest absolute Gasteiger partial charge is 0.163 e. The maximum Gasteiger partial charge on any atom is 0.163 e. The third kappa shape index (κ3) is 3.45. The average molecular weight is 350 g/mol. The van der Waals surface area contributed by atoms with Gasteiger partial charge in [-0.15, -0.1) is 12.4 Å². The van der Waals surface area contributed by atoms with Crippen LogP contribution in [0.2, 0.25) is 0 Å². The molecule has 0 amide bonds. The molecule has 24 heavy (non-hydrogen) atoms. The number of benzene rings is 2. The van der Waals surface area contributed by atoms with E-state index in [-0.39, 0.29) is 18.4 Å². The Balaban J connectivity index is 0.00000208. The first-order valence-corrected chi connectivity index (χ1v) is 7.89. The quantitative estimate of drug-likeness (QED) is 0.886. The van der Waals surface area contributed by atoms with Crippen molar-refractivity contribution >= 4 is 12.4 Å². The number of fused-ring (bicyclic) bond motifs is 1. The van der Waals surface area contributed by atoms with E-state index in [9.17, 15) is 5.11 Å². The molecule has 0 aliphatic carbocycles. The predicted octanol–water partition coefficient (Wildman–Crippen LogP) is 3.57. The molecule has 0 saturated carbocycles. The monoisotopic (exact) mass is 349 g/mol. The van der Waals surface area contributed by atoms with Gasteiger partial charge in [-0.2, -0.15) is 0 Å². The maximum atomic E-state index is 9.44. The number of rotatable bonds is 4. The summed E-state index contributed by atoms with van der Waals surface area (Å²) in [6.45, 7) is 3.04. The zero-order chi connectivity index (χ0) is 16.4. The molecule has 0 saturated heterocycles. The first-order valence-electron chi connectivity index (χ1n) is 7.89. The molecule has 0 bridgehead atoms. The molecule has 0 radical (unpaired) electrons. The summed E-state index contributed by atoms with van der Waals surface area (Å²) in [5, 5.41) is 13.1. The lowest BCUT2D eigenvalue weighted by Gasteiger charge is -2.30. The third-order valence-electron chi connectivity index (χ3n) is 4.55. The Bertz CT molecular complexity index is 701. The lowest BCUT2D eigenvalue weighted by molar-refractivity contribution is 0.349. The number of phenolic OH excluding ortho intramolecular Hbond substituents is 1. The van der Waals surface area contributed by atoms with E-state index >= 15 is 0 Å².